The number of esters is 1. The first-order valence-electron chi connectivity index (χ1n) is 12.3. The van der Waals surface area contributed by atoms with E-state index < -0.39 is 11.3 Å². The maximum absolute atomic E-state index is 12.0. The second kappa shape index (κ2) is 15.0. The van der Waals surface area contributed by atoms with Gasteiger partial charge in [-0.05, 0) is 48.6 Å². The van der Waals surface area contributed by atoms with Crippen molar-refractivity contribution in [3.8, 4) is 17.1 Å². The molecule has 2 aromatic rings. The zero-order chi connectivity index (χ0) is 23.2. The third kappa shape index (κ3) is 9.68. The Hall–Kier alpha value is -1.94. The van der Waals surface area contributed by atoms with Crippen molar-refractivity contribution < 1.29 is 9.53 Å². The van der Waals surface area contributed by atoms with Crippen molar-refractivity contribution in [1.29, 1.82) is 0 Å². The van der Waals surface area contributed by atoms with E-state index in [-0.39, 0.29) is 5.92 Å². The second-order valence-electron chi connectivity index (χ2n) is 8.94. The topological polar surface area (TPSA) is 52.1 Å². The molecule has 2 rings (SSSR count). The minimum atomic E-state index is -0.652. The summed E-state index contributed by atoms with van der Waals surface area (Å²) in [6.45, 7) is 6.04. The van der Waals surface area contributed by atoms with Crippen molar-refractivity contribution in [2.75, 3.05) is 0 Å². The minimum absolute atomic E-state index is 0.0238. The summed E-state index contributed by atoms with van der Waals surface area (Å²) in [5, 5.41) is -0.652. The third-order valence-corrected chi connectivity index (χ3v) is 6.35. The molecular formula is C27H39ClN2O2. The summed E-state index contributed by atoms with van der Waals surface area (Å²) in [4.78, 5) is 21.0. The van der Waals surface area contributed by atoms with Crippen molar-refractivity contribution in [2.45, 2.75) is 96.8 Å². The number of ether oxygens (including phenoxy) is 1. The van der Waals surface area contributed by atoms with Crippen LogP contribution in [-0.2, 0) is 11.2 Å². The van der Waals surface area contributed by atoms with E-state index in [1.807, 2.05) is 38.4 Å². The molecule has 0 aliphatic rings. The van der Waals surface area contributed by atoms with Crippen molar-refractivity contribution in [2.24, 2.45) is 5.92 Å². The number of benzene rings is 1. The van der Waals surface area contributed by atoms with Crippen molar-refractivity contribution in [3.05, 3.63) is 42.2 Å². The highest BCUT2D eigenvalue weighted by atomic mass is 35.5. The number of carbonyl (C=O) groups is 1. The van der Waals surface area contributed by atoms with E-state index in [1.54, 1.807) is 12.1 Å². The lowest BCUT2D eigenvalue weighted by Gasteiger charge is -2.12. The normalized spacial score (nSPS) is 12.2. The molecule has 1 atom stereocenters. The maximum Gasteiger partial charge on any atom is 0.329 e. The lowest BCUT2D eigenvalue weighted by atomic mass is 10.0. The summed E-state index contributed by atoms with van der Waals surface area (Å²) in [7, 11) is 0. The van der Waals surface area contributed by atoms with Gasteiger partial charge < -0.3 is 4.74 Å². The standard InChI is InChI=1S/C27H39ClN2O2/c1-4-5-6-7-8-9-10-11-12-13-14-22-19-29-26(30-20-22)23-15-17-24(18-16-23)32-27(31)25(28)21(2)3/h15-21,25H,4-14H2,1-3H3. The van der Waals surface area contributed by atoms with E-state index in [0.29, 0.717) is 11.6 Å². The number of aryl methyl sites for hydroxylation is 1. The van der Waals surface area contributed by atoms with Gasteiger partial charge in [-0.2, -0.15) is 0 Å². The first-order valence-corrected chi connectivity index (χ1v) is 12.7. The molecule has 176 valence electrons. The predicted molar refractivity (Wildman–Crippen MR) is 133 cm³/mol. The Morgan fingerprint density at radius 1 is 0.875 bits per heavy atom. The fourth-order valence-electron chi connectivity index (χ4n) is 3.57. The Labute approximate surface area is 199 Å². The van der Waals surface area contributed by atoms with E-state index in [1.165, 1.54) is 69.8 Å². The Kier molecular flexibility index (Phi) is 12.3. The van der Waals surface area contributed by atoms with Gasteiger partial charge in [-0.1, -0.05) is 78.6 Å². The number of carbonyl (C=O) groups excluding carboxylic acids is 1. The molecule has 0 amide bonds. The highest BCUT2D eigenvalue weighted by Gasteiger charge is 2.21. The number of rotatable bonds is 15. The Balaban J connectivity index is 1.69. The molecule has 0 aliphatic heterocycles. The van der Waals surface area contributed by atoms with Gasteiger partial charge in [-0.3, -0.25) is 4.79 Å². The summed E-state index contributed by atoms with van der Waals surface area (Å²) >= 11 is 6.05. The van der Waals surface area contributed by atoms with Crippen molar-refractivity contribution in [3.63, 3.8) is 0 Å². The van der Waals surface area contributed by atoms with E-state index in [2.05, 4.69) is 16.9 Å². The van der Waals surface area contributed by atoms with Gasteiger partial charge in [0.1, 0.15) is 11.1 Å². The molecule has 0 aliphatic carbocycles. The number of nitrogens with zero attached hydrogens (tertiary/aromatic N) is 2. The Bertz CT molecular complexity index is 775. The molecule has 1 aromatic heterocycles. The highest BCUT2D eigenvalue weighted by molar-refractivity contribution is 6.30. The highest BCUT2D eigenvalue weighted by Crippen LogP contribution is 2.21. The van der Waals surface area contributed by atoms with Crippen LogP contribution < -0.4 is 4.74 Å². The zero-order valence-corrected chi connectivity index (χ0v) is 20.7. The van der Waals surface area contributed by atoms with Crippen molar-refractivity contribution >= 4 is 17.6 Å². The predicted octanol–water partition coefficient (Wildman–Crippen LogP) is 7.78. The molecule has 4 nitrogen and oxygen atoms in total. The van der Waals surface area contributed by atoms with Crippen LogP contribution in [0.2, 0.25) is 0 Å². The lowest BCUT2D eigenvalue weighted by molar-refractivity contribution is -0.134. The van der Waals surface area contributed by atoms with E-state index >= 15 is 0 Å². The molecule has 1 aromatic carbocycles. The Morgan fingerprint density at radius 3 is 1.94 bits per heavy atom. The number of hydrogen-bond donors (Lipinski definition) is 0. The monoisotopic (exact) mass is 458 g/mol. The van der Waals surface area contributed by atoms with Gasteiger partial charge in [-0.15, -0.1) is 11.6 Å². The molecule has 1 unspecified atom stereocenters. The smallest absolute Gasteiger partial charge is 0.329 e. The molecule has 0 spiro atoms. The van der Waals surface area contributed by atoms with Crippen LogP contribution >= 0.6 is 11.6 Å². The summed E-state index contributed by atoms with van der Waals surface area (Å²) in [5.41, 5.74) is 2.07. The van der Waals surface area contributed by atoms with Crippen LogP contribution in [0.3, 0.4) is 0 Å². The molecule has 1 heterocycles. The van der Waals surface area contributed by atoms with Crippen LogP contribution in [0.4, 0.5) is 0 Å². The molecule has 0 radical (unpaired) electrons. The molecule has 0 N–H and O–H groups in total. The van der Waals surface area contributed by atoms with Crippen LogP contribution in [0.5, 0.6) is 5.75 Å². The molecule has 5 heteroatoms. The largest absolute Gasteiger partial charge is 0.425 e. The summed E-state index contributed by atoms with van der Waals surface area (Å²) in [5.74, 6) is 0.743. The van der Waals surface area contributed by atoms with E-state index in [0.717, 1.165) is 12.0 Å². The van der Waals surface area contributed by atoms with E-state index in [9.17, 15) is 4.79 Å². The average molecular weight is 459 g/mol. The van der Waals surface area contributed by atoms with Crippen LogP contribution in [0.25, 0.3) is 11.4 Å². The average Bonchev–Trinajstić information content (AvgIpc) is 2.80. The number of aromatic nitrogens is 2. The zero-order valence-electron chi connectivity index (χ0n) is 20.0. The fourth-order valence-corrected chi connectivity index (χ4v) is 3.61. The first kappa shape index (κ1) is 26.3. The Morgan fingerprint density at radius 2 is 1.41 bits per heavy atom. The number of halogens is 1. The first-order chi connectivity index (χ1) is 15.5. The molecular weight excluding hydrogens is 420 g/mol. The quantitative estimate of drug-likeness (QED) is 0.118. The summed E-state index contributed by atoms with van der Waals surface area (Å²) in [6.07, 6.45) is 18.3. The van der Waals surface area contributed by atoms with Gasteiger partial charge in [0.2, 0.25) is 0 Å². The number of alkyl halides is 1. The van der Waals surface area contributed by atoms with E-state index in [4.69, 9.17) is 16.3 Å². The van der Waals surface area contributed by atoms with Gasteiger partial charge in [-0.25, -0.2) is 9.97 Å². The van der Waals surface area contributed by atoms with Gasteiger partial charge in [0.25, 0.3) is 0 Å². The number of unbranched alkanes of at least 4 members (excludes halogenated alkanes) is 9. The van der Waals surface area contributed by atoms with Gasteiger partial charge in [0, 0.05) is 18.0 Å². The fraction of sp³-hybridized carbons (Fsp3) is 0.593. The molecule has 0 saturated heterocycles. The molecule has 32 heavy (non-hydrogen) atoms. The van der Waals surface area contributed by atoms with Crippen LogP contribution in [-0.4, -0.2) is 21.3 Å². The number of hydrogen-bond acceptors (Lipinski definition) is 4. The molecule has 0 fully saturated rings. The molecule has 0 bridgehead atoms. The third-order valence-electron chi connectivity index (χ3n) is 5.67. The molecule has 0 saturated carbocycles. The van der Waals surface area contributed by atoms with Crippen LogP contribution in [0, 0.1) is 5.92 Å². The lowest BCUT2D eigenvalue weighted by Crippen LogP contribution is -2.25. The van der Waals surface area contributed by atoms with Gasteiger partial charge in [0.15, 0.2) is 5.82 Å². The van der Waals surface area contributed by atoms with Crippen molar-refractivity contribution in [1.82, 2.24) is 9.97 Å². The maximum atomic E-state index is 12.0. The van der Waals surface area contributed by atoms with Gasteiger partial charge in [0.05, 0.1) is 0 Å². The minimum Gasteiger partial charge on any atom is -0.425 e. The second-order valence-corrected chi connectivity index (χ2v) is 9.41. The van der Waals surface area contributed by atoms with Gasteiger partial charge >= 0.3 is 5.97 Å². The summed E-state index contributed by atoms with van der Waals surface area (Å²) < 4.78 is 5.34. The van der Waals surface area contributed by atoms with Crippen LogP contribution in [0.15, 0.2) is 36.7 Å². The summed E-state index contributed by atoms with van der Waals surface area (Å²) in [6, 6.07) is 7.22. The van der Waals surface area contributed by atoms with Crippen LogP contribution in [0.1, 0.15) is 90.5 Å². The SMILES string of the molecule is CCCCCCCCCCCCc1cnc(-c2ccc(OC(=O)C(Cl)C(C)C)cc2)nc1.